The first kappa shape index (κ1) is 18.5. The Kier molecular flexibility index (Phi) is 4.19. The maximum atomic E-state index is 12.8. The van der Waals surface area contributed by atoms with Gasteiger partial charge in [0.05, 0.1) is 0 Å². The SMILES string of the molecule is Cc1c(C(=O)Nc2ccc3c(c2)CN(C2CCC(=O)NC2=O)C3=O)n[nH]c1C1CC1. The second-order valence-corrected chi connectivity index (χ2v) is 8.11. The molecule has 2 aromatic rings. The van der Waals surface area contributed by atoms with Crippen molar-refractivity contribution >= 4 is 29.3 Å². The fourth-order valence-corrected chi connectivity index (χ4v) is 4.24. The molecule has 3 aliphatic rings. The van der Waals surface area contributed by atoms with Gasteiger partial charge in [0.15, 0.2) is 5.69 Å². The molecule has 0 bridgehead atoms. The summed E-state index contributed by atoms with van der Waals surface area (Å²) in [4.78, 5) is 50.5. The maximum absolute atomic E-state index is 12.8. The van der Waals surface area contributed by atoms with Crippen LogP contribution in [0, 0.1) is 6.92 Å². The van der Waals surface area contributed by atoms with E-state index in [1.807, 2.05) is 6.92 Å². The number of imide groups is 1. The van der Waals surface area contributed by atoms with Crippen LogP contribution < -0.4 is 10.6 Å². The van der Waals surface area contributed by atoms with Crippen molar-refractivity contribution in [3.05, 3.63) is 46.3 Å². The predicted octanol–water partition coefficient (Wildman–Crippen LogP) is 1.61. The molecule has 154 valence electrons. The maximum Gasteiger partial charge on any atom is 0.276 e. The van der Waals surface area contributed by atoms with Crippen LogP contribution in [0.25, 0.3) is 0 Å². The molecular formula is C21H21N5O4. The highest BCUT2D eigenvalue weighted by molar-refractivity contribution is 6.07. The minimum Gasteiger partial charge on any atom is -0.322 e. The zero-order chi connectivity index (χ0) is 21.0. The molecule has 1 atom stereocenters. The normalized spacial score (nSPS) is 20.9. The summed E-state index contributed by atoms with van der Waals surface area (Å²) in [7, 11) is 0. The minimum absolute atomic E-state index is 0.212. The summed E-state index contributed by atoms with van der Waals surface area (Å²) < 4.78 is 0. The van der Waals surface area contributed by atoms with Gasteiger partial charge in [-0.1, -0.05) is 0 Å². The van der Waals surface area contributed by atoms with Gasteiger partial charge in [0, 0.05) is 41.4 Å². The third-order valence-corrected chi connectivity index (χ3v) is 6.03. The standard InChI is InChI=1S/C21H21N5O4/c1-10-17(11-2-3-11)24-25-18(10)20(29)22-13-4-5-14-12(8-13)9-26(21(14)30)15-6-7-16(27)23-19(15)28/h4-5,8,11,15H,2-3,6-7,9H2,1H3,(H,22,29)(H,24,25)(H,23,27,28). The van der Waals surface area contributed by atoms with E-state index in [1.54, 1.807) is 18.2 Å². The van der Waals surface area contributed by atoms with Gasteiger partial charge in [-0.15, -0.1) is 0 Å². The van der Waals surface area contributed by atoms with Crippen LogP contribution >= 0.6 is 0 Å². The molecule has 0 radical (unpaired) electrons. The van der Waals surface area contributed by atoms with Crippen molar-refractivity contribution in [2.75, 3.05) is 5.32 Å². The summed E-state index contributed by atoms with van der Waals surface area (Å²) in [5.41, 5.74) is 4.07. The molecule has 1 saturated carbocycles. The van der Waals surface area contributed by atoms with Crippen molar-refractivity contribution in [3.8, 4) is 0 Å². The first-order valence-electron chi connectivity index (χ1n) is 10.1. The van der Waals surface area contributed by atoms with E-state index in [0.717, 1.165) is 29.7 Å². The summed E-state index contributed by atoms with van der Waals surface area (Å²) in [5.74, 6) is -0.829. The van der Waals surface area contributed by atoms with Gasteiger partial charge in [0.2, 0.25) is 11.8 Å². The first-order valence-corrected chi connectivity index (χ1v) is 10.1. The van der Waals surface area contributed by atoms with Gasteiger partial charge in [-0.25, -0.2) is 0 Å². The number of piperidine rings is 1. The van der Waals surface area contributed by atoms with Crippen LogP contribution in [-0.4, -0.2) is 44.8 Å². The number of carbonyl (C=O) groups excluding carboxylic acids is 4. The van der Waals surface area contributed by atoms with Crippen LogP contribution in [0.3, 0.4) is 0 Å². The Bertz CT molecular complexity index is 1100. The van der Waals surface area contributed by atoms with Crippen molar-refractivity contribution in [1.29, 1.82) is 0 Å². The molecule has 3 N–H and O–H groups in total. The second kappa shape index (κ2) is 6.79. The Hall–Kier alpha value is -3.49. The highest BCUT2D eigenvalue weighted by atomic mass is 16.2. The average molecular weight is 407 g/mol. The monoisotopic (exact) mass is 407 g/mol. The molecule has 0 spiro atoms. The summed E-state index contributed by atoms with van der Waals surface area (Å²) >= 11 is 0. The lowest BCUT2D eigenvalue weighted by Gasteiger charge is -2.29. The number of H-pyrrole nitrogens is 1. The molecule has 1 aromatic carbocycles. The third kappa shape index (κ3) is 3.06. The largest absolute Gasteiger partial charge is 0.322 e. The lowest BCUT2D eigenvalue weighted by Crippen LogP contribution is -2.52. The van der Waals surface area contributed by atoms with Crippen molar-refractivity contribution in [1.82, 2.24) is 20.4 Å². The van der Waals surface area contributed by atoms with Gasteiger partial charge in [0.25, 0.3) is 11.8 Å². The number of anilines is 1. The molecule has 1 saturated heterocycles. The number of amides is 4. The number of benzene rings is 1. The lowest BCUT2D eigenvalue weighted by molar-refractivity contribution is -0.136. The number of aromatic amines is 1. The molecular weight excluding hydrogens is 386 g/mol. The van der Waals surface area contributed by atoms with Crippen molar-refractivity contribution in [2.24, 2.45) is 0 Å². The average Bonchev–Trinajstić information content (AvgIpc) is 3.40. The van der Waals surface area contributed by atoms with Gasteiger partial charge in [-0.2, -0.15) is 5.10 Å². The summed E-state index contributed by atoms with van der Waals surface area (Å²) in [6.45, 7) is 2.16. The number of hydrogen-bond donors (Lipinski definition) is 3. The van der Waals surface area contributed by atoms with E-state index in [1.165, 1.54) is 4.90 Å². The van der Waals surface area contributed by atoms with Crippen molar-refractivity contribution in [3.63, 3.8) is 0 Å². The molecule has 2 aliphatic heterocycles. The predicted molar refractivity (Wildman–Crippen MR) is 106 cm³/mol. The molecule has 4 amide bonds. The number of nitrogens with zero attached hydrogens (tertiary/aromatic N) is 2. The Balaban J connectivity index is 1.32. The Morgan fingerprint density at radius 3 is 2.73 bits per heavy atom. The summed E-state index contributed by atoms with van der Waals surface area (Å²) in [6.07, 6.45) is 2.76. The number of hydrogen-bond acceptors (Lipinski definition) is 5. The Labute approximate surface area is 172 Å². The van der Waals surface area contributed by atoms with E-state index < -0.39 is 11.9 Å². The number of fused-ring (bicyclic) bond motifs is 1. The van der Waals surface area contributed by atoms with Crippen molar-refractivity contribution in [2.45, 2.75) is 51.1 Å². The zero-order valence-corrected chi connectivity index (χ0v) is 16.4. The summed E-state index contributed by atoms with van der Waals surface area (Å²) in [5, 5.41) is 12.3. The molecule has 5 rings (SSSR count). The molecule has 1 unspecified atom stereocenters. The van der Waals surface area contributed by atoms with Gasteiger partial charge in [0.1, 0.15) is 6.04 Å². The third-order valence-electron chi connectivity index (χ3n) is 6.03. The van der Waals surface area contributed by atoms with Gasteiger partial charge < -0.3 is 10.2 Å². The van der Waals surface area contributed by atoms with E-state index in [2.05, 4.69) is 20.8 Å². The molecule has 1 aliphatic carbocycles. The van der Waals surface area contributed by atoms with E-state index in [9.17, 15) is 19.2 Å². The van der Waals surface area contributed by atoms with Crippen LogP contribution in [0.1, 0.15) is 69.3 Å². The summed E-state index contributed by atoms with van der Waals surface area (Å²) in [6, 6.07) is 4.42. The Morgan fingerprint density at radius 2 is 2.00 bits per heavy atom. The number of aromatic nitrogens is 2. The van der Waals surface area contributed by atoms with E-state index in [4.69, 9.17) is 0 Å². The molecule has 1 aromatic heterocycles. The van der Waals surface area contributed by atoms with Crippen molar-refractivity contribution < 1.29 is 19.2 Å². The van der Waals surface area contributed by atoms with Crippen LogP contribution in [0.2, 0.25) is 0 Å². The molecule has 30 heavy (non-hydrogen) atoms. The first-order chi connectivity index (χ1) is 14.4. The van der Waals surface area contributed by atoms with Crippen LogP contribution in [0.15, 0.2) is 18.2 Å². The fourth-order valence-electron chi connectivity index (χ4n) is 4.24. The minimum atomic E-state index is -0.659. The molecule has 9 nitrogen and oxygen atoms in total. The highest BCUT2D eigenvalue weighted by Crippen LogP contribution is 2.41. The number of nitrogens with one attached hydrogen (secondary N) is 3. The molecule has 2 fully saturated rings. The molecule has 9 heteroatoms. The van der Waals surface area contributed by atoms with Gasteiger partial charge in [-0.05, 0) is 49.9 Å². The second-order valence-electron chi connectivity index (χ2n) is 8.11. The van der Waals surface area contributed by atoms with Crippen LogP contribution in [-0.2, 0) is 16.1 Å². The van der Waals surface area contributed by atoms with Crippen LogP contribution in [0.5, 0.6) is 0 Å². The van der Waals surface area contributed by atoms with Gasteiger partial charge in [-0.3, -0.25) is 29.6 Å². The van der Waals surface area contributed by atoms with E-state index >= 15 is 0 Å². The fraction of sp³-hybridized carbons (Fsp3) is 0.381. The van der Waals surface area contributed by atoms with Gasteiger partial charge >= 0.3 is 0 Å². The number of rotatable bonds is 4. The quantitative estimate of drug-likeness (QED) is 0.664. The topological polar surface area (TPSA) is 124 Å². The highest BCUT2D eigenvalue weighted by Gasteiger charge is 2.39. The number of carbonyl (C=O) groups is 4. The van der Waals surface area contributed by atoms with E-state index in [-0.39, 0.29) is 30.7 Å². The lowest BCUT2D eigenvalue weighted by atomic mass is 10.0. The zero-order valence-electron chi connectivity index (χ0n) is 16.4. The van der Waals surface area contributed by atoms with Crippen LogP contribution in [0.4, 0.5) is 5.69 Å². The smallest absolute Gasteiger partial charge is 0.276 e. The van der Waals surface area contributed by atoms with E-state index in [0.29, 0.717) is 29.3 Å². The Morgan fingerprint density at radius 1 is 1.20 bits per heavy atom. The molecule has 3 heterocycles.